The third-order valence-electron chi connectivity index (χ3n) is 2.04. The highest BCUT2D eigenvalue weighted by molar-refractivity contribution is 6.08. The molecule has 7 nitrogen and oxygen atoms in total. The van der Waals surface area contributed by atoms with E-state index in [4.69, 9.17) is 15.9 Å². The molecule has 0 spiro atoms. The smallest absolute Gasteiger partial charge is 0.336 e. The molecule has 4 N–H and O–H groups in total. The molecule has 88 valence electrons. The normalized spacial score (nSPS) is 9.65. The van der Waals surface area contributed by atoms with Gasteiger partial charge in [0.2, 0.25) is 5.91 Å². The van der Waals surface area contributed by atoms with Crippen LogP contribution in [0.5, 0.6) is 0 Å². The second kappa shape index (κ2) is 4.44. The minimum absolute atomic E-state index is 0.195. The highest BCUT2D eigenvalue weighted by Gasteiger charge is 2.20. The molecule has 0 atom stereocenters. The standard InChI is InChI=1S/C10H7NO6/c11-8(13)6-2-5(9(14)15)4(3-12)1-7(6)10(16)17/h1-3H,(H2,11,13)(H,14,15)(H,16,17). The van der Waals surface area contributed by atoms with E-state index >= 15 is 0 Å². The molecule has 0 aliphatic rings. The zero-order valence-corrected chi connectivity index (χ0v) is 8.34. The van der Waals surface area contributed by atoms with Gasteiger partial charge >= 0.3 is 11.9 Å². The van der Waals surface area contributed by atoms with Gasteiger partial charge in [0.15, 0.2) is 6.29 Å². The number of carbonyl (C=O) groups excluding carboxylic acids is 2. The molecule has 0 aromatic heterocycles. The molecule has 0 aliphatic heterocycles. The molecule has 1 aromatic carbocycles. The topological polar surface area (TPSA) is 135 Å². The molecule has 0 saturated heterocycles. The first kappa shape index (κ1) is 12.4. The average Bonchev–Trinajstić information content (AvgIpc) is 2.26. The van der Waals surface area contributed by atoms with Crippen LogP contribution in [0.3, 0.4) is 0 Å². The summed E-state index contributed by atoms with van der Waals surface area (Å²) < 4.78 is 0. The van der Waals surface area contributed by atoms with Crippen molar-refractivity contribution in [3.8, 4) is 0 Å². The monoisotopic (exact) mass is 237 g/mol. The van der Waals surface area contributed by atoms with Crippen molar-refractivity contribution in [3.05, 3.63) is 34.4 Å². The highest BCUT2D eigenvalue weighted by Crippen LogP contribution is 2.16. The molecule has 0 saturated carbocycles. The Morgan fingerprint density at radius 1 is 1.00 bits per heavy atom. The number of amides is 1. The maximum Gasteiger partial charge on any atom is 0.336 e. The van der Waals surface area contributed by atoms with Crippen molar-refractivity contribution in [1.82, 2.24) is 0 Å². The molecule has 0 bridgehead atoms. The van der Waals surface area contributed by atoms with Crippen LogP contribution in [0.1, 0.15) is 41.4 Å². The number of carbonyl (C=O) groups is 4. The van der Waals surface area contributed by atoms with Gasteiger partial charge in [-0.05, 0) is 12.1 Å². The van der Waals surface area contributed by atoms with Gasteiger partial charge in [-0.25, -0.2) is 9.59 Å². The van der Waals surface area contributed by atoms with Crippen molar-refractivity contribution in [2.45, 2.75) is 0 Å². The summed E-state index contributed by atoms with van der Waals surface area (Å²) in [6, 6.07) is 1.58. The van der Waals surface area contributed by atoms with E-state index in [-0.39, 0.29) is 11.8 Å². The molecule has 17 heavy (non-hydrogen) atoms. The Bertz CT molecular complexity index is 534. The average molecular weight is 237 g/mol. The van der Waals surface area contributed by atoms with Crippen LogP contribution in [0.2, 0.25) is 0 Å². The van der Waals surface area contributed by atoms with Crippen molar-refractivity contribution < 1.29 is 29.4 Å². The second-order valence-electron chi connectivity index (χ2n) is 3.08. The lowest BCUT2D eigenvalue weighted by molar-refractivity contribution is 0.0677. The minimum atomic E-state index is -1.47. The van der Waals surface area contributed by atoms with Crippen LogP contribution in [0, 0.1) is 0 Å². The lowest BCUT2D eigenvalue weighted by atomic mass is 9.98. The van der Waals surface area contributed by atoms with Gasteiger partial charge in [-0.1, -0.05) is 0 Å². The van der Waals surface area contributed by atoms with Crippen molar-refractivity contribution >= 4 is 24.1 Å². The molecule has 0 unspecified atom stereocenters. The first-order valence-electron chi connectivity index (χ1n) is 4.28. The maximum atomic E-state index is 11.0. The van der Waals surface area contributed by atoms with Crippen LogP contribution in [-0.2, 0) is 0 Å². The van der Waals surface area contributed by atoms with Gasteiger partial charge in [0.25, 0.3) is 0 Å². The predicted octanol–water partition coefficient (Wildman–Crippen LogP) is -0.00560. The quantitative estimate of drug-likeness (QED) is 0.630. The molecule has 0 radical (unpaired) electrons. The fourth-order valence-electron chi connectivity index (χ4n) is 1.28. The van der Waals surface area contributed by atoms with Gasteiger partial charge in [-0.15, -0.1) is 0 Å². The van der Waals surface area contributed by atoms with Gasteiger partial charge < -0.3 is 15.9 Å². The SMILES string of the molecule is NC(=O)c1cc(C(=O)O)c(C=O)cc1C(=O)O. The van der Waals surface area contributed by atoms with E-state index < -0.39 is 34.5 Å². The molecular weight excluding hydrogens is 230 g/mol. The Balaban J connectivity index is 3.65. The van der Waals surface area contributed by atoms with Gasteiger partial charge in [0.05, 0.1) is 16.7 Å². The molecule has 0 fully saturated rings. The summed E-state index contributed by atoms with van der Waals surface area (Å²) in [4.78, 5) is 43.2. The fraction of sp³-hybridized carbons (Fsp3) is 0. The number of benzene rings is 1. The van der Waals surface area contributed by atoms with Crippen LogP contribution in [-0.4, -0.2) is 34.3 Å². The molecule has 1 rings (SSSR count). The van der Waals surface area contributed by atoms with Gasteiger partial charge in [0, 0.05) is 5.56 Å². The second-order valence-corrected chi connectivity index (χ2v) is 3.08. The van der Waals surface area contributed by atoms with E-state index in [0.717, 1.165) is 12.1 Å². The van der Waals surface area contributed by atoms with E-state index in [1.165, 1.54) is 0 Å². The number of hydrogen-bond acceptors (Lipinski definition) is 4. The van der Waals surface area contributed by atoms with E-state index in [1.54, 1.807) is 0 Å². The number of rotatable bonds is 4. The lowest BCUT2D eigenvalue weighted by Gasteiger charge is -2.06. The summed E-state index contributed by atoms with van der Waals surface area (Å²) in [5.74, 6) is -4.01. The van der Waals surface area contributed by atoms with Crippen LogP contribution in [0.25, 0.3) is 0 Å². The first-order valence-corrected chi connectivity index (χ1v) is 4.28. The Hall–Kier alpha value is -2.70. The third-order valence-corrected chi connectivity index (χ3v) is 2.04. The van der Waals surface area contributed by atoms with Crippen LogP contribution in [0.4, 0.5) is 0 Å². The Morgan fingerprint density at radius 3 is 1.88 bits per heavy atom. The minimum Gasteiger partial charge on any atom is -0.478 e. The van der Waals surface area contributed by atoms with Crippen LogP contribution in [0.15, 0.2) is 12.1 Å². The van der Waals surface area contributed by atoms with Gasteiger partial charge in [0.1, 0.15) is 0 Å². The number of aromatic carboxylic acids is 2. The number of aldehydes is 1. The van der Waals surface area contributed by atoms with E-state index in [9.17, 15) is 19.2 Å². The molecule has 0 aliphatic carbocycles. The number of nitrogens with two attached hydrogens (primary N) is 1. The molecule has 1 aromatic rings. The van der Waals surface area contributed by atoms with Crippen molar-refractivity contribution in [2.24, 2.45) is 5.73 Å². The molecule has 0 heterocycles. The van der Waals surface area contributed by atoms with Crippen molar-refractivity contribution in [2.75, 3.05) is 0 Å². The molecule has 7 heteroatoms. The predicted molar refractivity (Wildman–Crippen MR) is 54.3 cm³/mol. The lowest BCUT2D eigenvalue weighted by Crippen LogP contribution is -2.18. The van der Waals surface area contributed by atoms with Gasteiger partial charge in [-0.2, -0.15) is 0 Å². The molecular formula is C10H7NO6. The van der Waals surface area contributed by atoms with Crippen molar-refractivity contribution in [3.63, 3.8) is 0 Å². The zero-order valence-electron chi connectivity index (χ0n) is 8.34. The number of carboxylic acids is 2. The molecule has 1 amide bonds. The highest BCUT2D eigenvalue weighted by atomic mass is 16.4. The van der Waals surface area contributed by atoms with Crippen molar-refractivity contribution in [1.29, 1.82) is 0 Å². The summed E-state index contributed by atoms with van der Waals surface area (Å²) in [6.07, 6.45) is 0.195. The maximum absolute atomic E-state index is 11.0. The zero-order chi connectivity index (χ0) is 13.2. The first-order chi connectivity index (χ1) is 7.88. The number of carboxylic acid groups (broad SMARTS) is 2. The van der Waals surface area contributed by atoms with E-state index in [2.05, 4.69) is 0 Å². The summed E-state index contributed by atoms with van der Waals surface area (Å²) >= 11 is 0. The fourth-order valence-corrected chi connectivity index (χ4v) is 1.28. The number of hydrogen-bond donors (Lipinski definition) is 3. The summed E-state index contributed by atoms with van der Waals surface area (Å²) in [6.45, 7) is 0. The van der Waals surface area contributed by atoms with Crippen LogP contribution >= 0.6 is 0 Å². The van der Waals surface area contributed by atoms with E-state index in [1.807, 2.05) is 0 Å². The largest absolute Gasteiger partial charge is 0.478 e. The number of primary amides is 1. The van der Waals surface area contributed by atoms with E-state index in [0.29, 0.717) is 0 Å². The Morgan fingerprint density at radius 2 is 1.53 bits per heavy atom. The summed E-state index contributed by atoms with van der Waals surface area (Å²) in [7, 11) is 0. The summed E-state index contributed by atoms with van der Waals surface area (Å²) in [5, 5.41) is 17.6. The Kier molecular flexibility index (Phi) is 3.23. The third kappa shape index (κ3) is 2.28. The van der Waals surface area contributed by atoms with Crippen LogP contribution < -0.4 is 5.73 Å². The Labute approximate surface area is 94.5 Å². The van der Waals surface area contributed by atoms with Gasteiger partial charge in [-0.3, -0.25) is 9.59 Å². The summed E-state index contributed by atoms with van der Waals surface area (Å²) in [5.41, 5.74) is 3.16.